The first-order valence-corrected chi connectivity index (χ1v) is 10.9. The third-order valence-electron chi connectivity index (χ3n) is 6.14. The molecule has 180 valence electrons. The number of nitrogens with one attached hydrogen (secondary N) is 2. The van der Waals surface area contributed by atoms with E-state index in [4.69, 9.17) is 9.47 Å². The van der Waals surface area contributed by atoms with Crippen molar-refractivity contribution < 1.29 is 32.6 Å². The van der Waals surface area contributed by atoms with E-state index in [0.717, 1.165) is 12.1 Å². The number of hydrogen-bond donors (Lipinski definition) is 2. The Morgan fingerprint density at radius 3 is 2.65 bits per heavy atom. The largest absolute Gasteiger partial charge is 0.490 e. The summed E-state index contributed by atoms with van der Waals surface area (Å²) in [6.45, 7) is 0.195. The summed E-state index contributed by atoms with van der Waals surface area (Å²) < 4.78 is 38.6. The van der Waals surface area contributed by atoms with Crippen molar-refractivity contribution in [3.05, 3.63) is 59.2 Å². The second-order valence-electron chi connectivity index (χ2n) is 8.34. The highest BCUT2D eigenvalue weighted by molar-refractivity contribution is 6.05. The van der Waals surface area contributed by atoms with E-state index >= 15 is 0 Å². The van der Waals surface area contributed by atoms with Gasteiger partial charge in [0, 0.05) is 25.3 Å². The minimum absolute atomic E-state index is 0.0566. The quantitative estimate of drug-likeness (QED) is 0.712. The van der Waals surface area contributed by atoms with Crippen molar-refractivity contribution in [2.24, 2.45) is 0 Å². The molecule has 1 fully saturated rings. The molecule has 8 nitrogen and oxygen atoms in total. The molecule has 2 aromatic rings. The van der Waals surface area contributed by atoms with Gasteiger partial charge >= 0.3 is 0 Å². The van der Waals surface area contributed by atoms with Gasteiger partial charge in [0.1, 0.15) is 18.5 Å². The van der Waals surface area contributed by atoms with Crippen molar-refractivity contribution in [3.8, 4) is 5.75 Å². The van der Waals surface area contributed by atoms with E-state index in [0.29, 0.717) is 24.3 Å². The zero-order chi connectivity index (χ0) is 24.4. The fourth-order valence-electron chi connectivity index (χ4n) is 4.25. The highest BCUT2D eigenvalue weighted by Crippen LogP contribution is 2.32. The number of anilines is 1. The molecule has 2 heterocycles. The molecule has 1 saturated heterocycles. The van der Waals surface area contributed by atoms with Gasteiger partial charge in [0.15, 0.2) is 11.6 Å². The normalized spacial score (nSPS) is 21.9. The van der Waals surface area contributed by atoms with Gasteiger partial charge in [0.05, 0.1) is 24.1 Å². The number of nitrogens with zero attached hydrogens (tertiary/aromatic N) is 1. The fraction of sp³-hybridized carbons (Fsp3) is 0.375. The van der Waals surface area contributed by atoms with E-state index in [1.807, 2.05) is 0 Å². The van der Waals surface area contributed by atoms with Gasteiger partial charge in [-0.25, -0.2) is 8.78 Å². The van der Waals surface area contributed by atoms with Crippen molar-refractivity contribution in [2.45, 2.75) is 37.5 Å². The van der Waals surface area contributed by atoms with Crippen LogP contribution in [0.2, 0.25) is 0 Å². The van der Waals surface area contributed by atoms with Gasteiger partial charge in [0.25, 0.3) is 11.8 Å². The summed E-state index contributed by atoms with van der Waals surface area (Å²) in [5.41, 5.74) is 0.511. The third kappa shape index (κ3) is 4.86. The molecule has 4 rings (SSSR count). The molecule has 10 heteroatoms. The van der Waals surface area contributed by atoms with Crippen LogP contribution in [0.4, 0.5) is 14.5 Å². The summed E-state index contributed by atoms with van der Waals surface area (Å²) >= 11 is 0. The number of ether oxygens (including phenoxy) is 2. The second-order valence-corrected chi connectivity index (χ2v) is 8.34. The molecule has 0 aromatic heterocycles. The maximum Gasteiger partial charge on any atom is 0.257 e. The zero-order valence-electron chi connectivity index (χ0n) is 18.8. The maximum absolute atomic E-state index is 13.5. The average molecular weight is 473 g/mol. The molecule has 34 heavy (non-hydrogen) atoms. The predicted octanol–water partition coefficient (Wildman–Crippen LogP) is 2.73. The molecule has 0 radical (unpaired) electrons. The van der Waals surface area contributed by atoms with Crippen LogP contribution in [0.25, 0.3) is 0 Å². The Labute approximate surface area is 195 Å². The Bertz CT molecular complexity index is 1130. The molecule has 2 aliphatic rings. The summed E-state index contributed by atoms with van der Waals surface area (Å²) in [5, 5.41) is 5.19. The van der Waals surface area contributed by atoms with E-state index in [-0.39, 0.29) is 48.1 Å². The lowest BCUT2D eigenvalue weighted by molar-refractivity contribution is -0.133. The van der Waals surface area contributed by atoms with Gasteiger partial charge in [-0.15, -0.1) is 0 Å². The second kappa shape index (κ2) is 9.76. The molecule has 3 amide bonds. The van der Waals surface area contributed by atoms with Gasteiger partial charge in [0.2, 0.25) is 5.91 Å². The van der Waals surface area contributed by atoms with Crippen molar-refractivity contribution in [1.29, 1.82) is 0 Å². The monoisotopic (exact) mass is 473 g/mol. The highest BCUT2D eigenvalue weighted by Gasteiger charge is 2.39. The number of rotatable bonds is 4. The number of carbonyl (C=O) groups is 3. The molecule has 0 saturated carbocycles. The minimum atomic E-state index is -1.13. The number of carbonyl (C=O) groups excluding carboxylic acids is 3. The Kier molecular flexibility index (Phi) is 6.78. The van der Waals surface area contributed by atoms with E-state index in [1.165, 1.54) is 12.1 Å². The third-order valence-corrected chi connectivity index (χ3v) is 6.14. The van der Waals surface area contributed by atoms with Crippen LogP contribution < -0.4 is 15.4 Å². The number of amides is 3. The molecule has 0 spiro atoms. The summed E-state index contributed by atoms with van der Waals surface area (Å²) in [4.78, 5) is 39.0. The number of halogens is 2. The van der Waals surface area contributed by atoms with E-state index in [9.17, 15) is 23.2 Å². The van der Waals surface area contributed by atoms with Crippen LogP contribution in [0.1, 0.15) is 40.0 Å². The SMILES string of the molecule is CNC(=O)C[C@@H]1CC[C@H]2[C@H](COc3ccc(NC(=O)c4ccc(F)c(F)c4)cc3C(=O)N2C)O1. The van der Waals surface area contributed by atoms with Crippen LogP contribution in [0.3, 0.4) is 0 Å². The Balaban J connectivity index is 1.52. The number of likely N-dealkylation sites (N-methyl/N-ethyl adjacent to an activating group) is 1. The molecule has 0 aliphatic carbocycles. The van der Waals surface area contributed by atoms with Gasteiger partial charge in [-0.05, 0) is 49.2 Å². The summed E-state index contributed by atoms with van der Waals surface area (Å²) in [5.74, 6) is -2.90. The molecule has 2 aliphatic heterocycles. The standard InChI is InChI=1S/C24H25F2N3O5/c1-27-22(30)11-15-5-7-19-21(34-15)12-33-20-8-4-14(10-16(20)24(32)29(19)2)28-23(31)13-3-6-17(25)18(26)9-13/h3-4,6,8-10,15,19,21H,5,7,11-12H2,1-2H3,(H,27,30)(H,28,31)/t15-,19-,21-/m0/s1. The first-order valence-electron chi connectivity index (χ1n) is 10.9. The smallest absolute Gasteiger partial charge is 0.257 e. The molecular weight excluding hydrogens is 448 g/mol. The van der Waals surface area contributed by atoms with Crippen LogP contribution in [-0.2, 0) is 9.53 Å². The lowest BCUT2D eigenvalue weighted by atomic mass is 9.94. The molecule has 0 unspecified atom stereocenters. The van der Waals surface area contributed by atoms with E-state index < -0.39 is 23.6 Å². The van der Waals surface area contributed by atoms with Crippen LogP contribution in [-0.4, -0.2) is 61.6 Å². The Morgan fingerprint density at radius 1 is 1.12 bits per heavy atom. The summed E-state index contributed by atoms with van der Waals surface area (Å²) in [6, 6.07) is 7.22. The zero-order valence-corrected chi connectivity index (χ0v) is 18.8. The number of benzene rings is 2. The molecular formula is C24H25F2N3O5. The lowest BCUT2D eigenvalue weighted by Crippen LogP contribution is -2.53. The van der Waals surface area contributed by atoms with E-state index in [2.05, 4.69) is 10.6 Å². The molecule has 2 N–H and O–H groups in total. The van der Waals surface area contributed by atoms with Crippen molar-refractivity contribution in [2.75, 3.05) is 26.0 Å². The molecule has 0 bridgehead atoms. The maximum atomic E-state index is 13.5. The summed E-state index contributed by atoms with van der Waals surface area (Å²) in [7, 11) is 3.26. The lowest BCUT2D eigenvalue weighted by Gasteiger charge is -2.42. The van der Waals surface area contributed by atoms with Crippen LogP contribution >= 0.6 is 0 Å². The number of fused-ring (bicyclic) bond motifs is 2. The average Bonchev–Trinajstić information content (AvgIpc) is 2.83. The van der Waals surface area contributed by atoms with Crippen molar-refractivity contribution in [1.82, 2.24) is 10.2 Å². The van der Waals surface area contributed by atoms with Gasteiger partial charge < -0.3 is 25.0 Å². The van der Waals surface area contributed by atoms with Gasteiger partial charge in [-0.3, -0.25) is 14.4 Å². The molecule has 3 atom stereocenters. The minimum Gasteiger partial charge on any atom is -0.490 e. The summed E-state index contributed by atoms with van der Waals surface area (Å²) in [6.07, 6.45) is 0.886. The van der Waals surface area contributed by atoms with Gasteiger partial charge in [-0.2, -0.15) is 0 Å². The van der Waals surface area contributed by atoms with Crippen LogP contribution in [0.15, 0.2) is 36.4 Å². The molecule has 2 aromatic carbocycles. The first kappa shape index (κ1) is 23.6. The highest BCUT2D eigenvalue weighted by atomic mass is 19.2. The van der Waals surface area contributed by atoms with Crippen molar-refractivity contribution in [3.63, 3.8) is 0 Å². The number of hydrogen-bond acceptors (Lipinski definition) is 5. The van der Waals surface area contributed by atoms with Crippen LogP contribution in [0.5, 0.6) is 5.75 Å². The first-order chi connectivity index (χ1) is 16.3. The predicted molar refractivity (Wildman–Crippen MR) is 119 cm³/mol. The van der Waals surface area contributed by atoms with Crippen LogP contribution in [0, 0.1) is 11.6 Å². The Morgan fingerprint density at radius 2 is 1.91 bits per heavy atom. The van der Waals surface area contributed by atoms with Crippen molar-refractivity contribution >= 4 is 23.4 Å². The fourth-order valence-corrected chi connectivity index (χ4v) is 4.25. The topological polar surface area (TPSA) is 97.0 Å². The van der Waals surface area contributed by atoms with Gasteiger partial charge in [-0.1, -0.05) is 0 Å². The Hall–Kier alpha value is -3.53. The van der Waals surface area contributed by atoms with E-state index in [1.54, 1.807) is 31.1 Å².